The summed E-state index contributed by atoms with van der Waals surface area (Å²) in [5.74, 6) is 0.381. The quantitative estimate of drug-likeness (QED) is 0.551. The van der Waals surface area contributed by atoms with Crippen molar-refractivity contribution in [2.24, 2.45) is 0 Å². The van der Waals surface area contributed by atoms with Crippen LogP contribution < -0.4 is 14.9 Å². The highest BCUT2D eigenvalue weighted by atomic mass is 16.5. The lowest BCUT2D eigenvalue weighted by atomic mass is 10.2. The fraction of sp³-hybridized carbons (Fsp3) is 0.182. The highest BCUT2D eigenvalue weighted by Crippen LogP contribution is 2.15. The lowest BCUT2D eigenvalue weighted by Crippen LogP contribution is -2.10. The molecule has 1 aromatic heterocycles. The van der Waals surface area contributed by atoms with E-state index < -0.39 is 5.97 Å². The molecule has 2 aromatic carbocycles. The average Bonchev–Trinajstić information content (AvgIpc) is 2.72. The molecule has 0 N–H and O–H groups in total. The smallest absolute Gasteiger partial charge is 0.338 e. The first-order valence-electron chi connectivity index (χ1n) is 8.84. The van der Waals surface area contributed by atoms with Gasteiger partial charge < -0.3 is 18.6 Å². The zero-order valence-corrected chi connectivity index (χ0v) is 15.4. The van der Waals surface area contributed by atoms with Crippen LogP contribution in [0.15, 0.2) is 76.1 Å². The van der Waals surface area contributed by atoms with Crippen LogP contribution in [0.1, 0.15) is 28.6 Å². The lowest BCUT2D eigenvalue weighted by Gasteiger charge is -2.08. The maximum Gasteiger partial charge on any atom is 0.338 e. The Hall–Kier alpha value is -3.54. The second kappa shape index (κ2) is 9.41. The molecule has 3 rings (SSSR count). The molecule has 0 spiro atoms. The van der Waals surface area contributed by atoms with Crippen LogP contribution in [0, 0.1) is 0 Å². The summed E-state index contributed by atoms with van der Waals surface area (Å²) in [5, 5.41) is 0. The Bertz CT molecular complexity index is 978. The number of esters is 1. The van der Waals surface area contributed by atoms with E-state index in [4.69, 9.17) is 18.6 Å². The van der Waals surface area contributed by atoms with Gasteiger partial charge in [0.15, 0.2) is 0 Å². The molecule has 0 bridgehead atoms. The van der Waals surface area contributed by atoms with E-state index in [0.29, 0.717) is 17.9 Å². The van der Waals surface area contributed by atoms with E-state index in [1.165, 1.54) is 12.3 Å². The van der Waals surface area contributed by atoms with Gasteiger partial charge in [-0.15, -0.1) is 0 Å². The Morgan fingerprint density at radius 3 is 2.54 bits per heavy atom. The maximum atomic E-state index is 12.2. The Morgan fingerprint density at radius 2 is 1.79 bits per heavy atom. The molecule has 0 radical (unpaired) electrons. The topological polar surface area (TPSA) is 75.0 Å². The summed E-state index contributed by atoms with van der Waals surface area (Å²) >= 11 is 0. The SMILES string of the molecule is CCOc1cccc(C(=O)OCc2cc(=O)c(OCc3ccccc3)co2)c1. The molecular weight excluding hydrogens is 360 g/mol. The second-order valence-electron chi connectivity index (χ2n) is 5.89. The summed E-state index contributed by atoms with van der Waals surface area (Å²) in [6.07, 6.45) is 1.23. The Morgan fingerprint density at radius 1 is 0.964 bits per heavy atom. The number of ether oxygens (including phenoxy) is 3. The molecule has 0 atom stereocenters. The van der Waals surface area contributed by atoms with E-state index in [2.05, 4.69) is 0 Å². The van der Waals surface area contributed by atoms with Gasteiger partial charge in [0.1, 0.15) is 31.0 Å². The number of carbonyl (C=O) groups is 1. The van der Waals surface area contributed by atoms with Crippen LogP contribution in [0.4, 0.5) is 0 Å². The molecule has 0 saturated heterocycles. The van der Waals surface area contributed by atoms with Crippen molar-refractivity contribution in [2.75, 3.05) is 6.61 Å². The highest BCUT2D eigenvalue weighted by Gasteiger charge is 2.11. The summed E-state index contributed by atoms with van der Waals surface area (Å²) in [7, 11) is 0. The van der Waals surface area contributed by atoms with Gasteiger partial charge in [0.2, 0.25) is 11.2 Å². The number of benzene rings is 2. The first-order valence-corrected chi connectivity index (χ1v) is 8.84. The molecule has 6 nitrogen and oxygen atoms in total. The van der Waals surface area contributed by atoms with Gasteiger partial charge in [-0.05, 0) is 30.7 Å². The van der Waals surface area contributed by atoms with Crippen LogP contribution in [0.3, 0.4) is 0 Å². The van der Waals surface area contributed by atoms with Gasteiger partial charge >= 0.3 is 5.97 Å². The van der Waals surface area contributed by atoms with Crippen molar-refractivity contribution < 1.29 is 23.4 Å². The summed E-state index contributed by atoms with van der Waals surface area (Å²) in [6, 6.07) is 17.4. The van der Waals surface area contributed by atoms with Gasteiger partial charge in [-0.2, -0.15) is 0 Å². The number of hydrogen-bond acceptors (Lipinski definition) is 6. The van der Waals surface area contributed by atoms with E-state index in [9.17, 15) is 9.59 Å². The largest absolute Gasteiger partial charge is 0.494 e. The monoisotopic (exact) mass is 380 g/mol. The third kappa shape index (κ3) is 5.23. The van der Waals surface area contributed by atoms with E-state index in [1.54, 1.807) is 24.3 Å². The molecular formula is C22H20O6. The molecule has 0 aliphatic carbocycles. The van der Waals surface area contributed by atoms with E-state index in [1.807, 2.05) is 37.3 Å². The molecule has 0 aliphatic heterocycles. The highest BCUT2D eigenvalue weighted by molar-refractivity contribution is 5.89. The minimum Gasteiger partial charge on any atom is -0.494 e. The first-order chi connectivity index (χ1) is 13.7. The van der Waals surface area contributed by atoms with Crippen LogP contribution in [0.5, 0.6) is 11.5 Å². The Kier molecular flexibility index (Phi) is 6.46. The molecule has 144 valence electrons. The van der Waals surface area contributed by atoms with Gasteiger partial charge in [0, 0.05) is 6.07 Å². The minimum absolute atomic E-state index is 0.100. The molecule has 0 saturated carbocycles. The third-order valence-corrected chi connectivity index (χ3v) is 3.82. The van der Waals surface area contributed by atoms with Crippen LogP contribution in [-0.2, 0) is 18.0 Å². The number of hydrogen-bond donors (Lipinski definition) is 0. The van der Waals surface area contributed by atoms with Crippen molar-refractivity contribution in [1.82, 2.24) is 0 Å². The maximum absolute atomic E-state index is 12.2. The average molecular weight is 380 g/mol. The van der Waals surface area contributed by atoms with E-state index in [-0.39, 0.29) is 30.2 Å². The predicted molar refractivity (Wildman–Crippen MR) is 102 cm³/mol. The molecule has 0 aliphatic rings. The summed E-state index contributed by atoms with van der Waals surface area (Å²) < 4.78 is 21.4. The molecule has 0 unspecified atom stereocenters. The van der Waals surface area contributed by atoms with Gasteiger partial charge in [0.05, 0.1) is 12.2 Å². The van der Waals surface area contributed by atoms with Gasteiger partial charge in [0.25, 0.3) is 0 Å². The fourth-order valence-electron chi connectivity index (χ4n) is 2.45. The Labute approximate surface area is 162 Å². The fourth-order valence-corrected chi connectivity index (χ4v) is 2.45. The van der Waals surface area contributed by atoms with Crippen molar-refractivity contribution in [1.29, 1.82) is 0 Å². The summed E-state index contributed by atoms with van der Waals surface area (Å²) in [4.78, 5) is 24.3. The first kappa shape index (κ1) is 19.2. The zero-order valence-electron chi connectivity index (χ0n) is 15.4. The second-order valence-corrected chi connectivity index (χ2v) is 5.89. The van der Waals surface area contributed by atoms with Crippen LogP contribution in [-0.4, -0.2) is 12.6 Å². The van der Waals surface area contributed by atoms with Crippen LogP contribution in [0.2, 0.25) is 0 Å². The number of rotatable bonds is 8. The van der Waals surface area contributed by atoms with E-state index in [0.717, 1.165) is 5.56 Å². The molecule has 0 amide bonds. The van der Waals surface area contributed by atoms with E-state index >= 15 is 0 Å². The van der Waals surface area contributed by atoms with Crippen molar-refractivity contribution in [3.05, 3.63) is 94.0 Å². The third-order valence-electron chi connectivity index (χ3n) is 3.82. The summed E-state index contributed by atoms with van der Waals surface area (Å²) in [6.45, 7) is 2.46. The molecule has 3 aromatic rings. The van der Waals surface area contributed by atoms with Crippen LogP contribution >= 0.6 is 0 Å². The molecule has 0 fully saturated rings. The number of carbonyl (C=O) groups excluding carboxylic acids is 1. The lowest BCUT2D eigenvalue weighted by molar-refractivity contribution is 0.0442. The molecule has 6 heteroatoms. The summed E-state index contributed by atoms with van der Waals surface area (Å²) in [5.41, 5.74) is 0.955. The van der Waals surface area contributed by atoms with Crippen molar-refractivity contribution in [3.8, 4) is 11.5 Å². The van der Waals surface area contributed by atoms with Gasteiger partial charge in [-0.1, -0.05) is 36.4 Å². The minimum atomic E-state index is -0.534. The predicted octanol–water partition coefficient (Wildman–Crippen LogP) is 3.97. The standard InChI is InChI=1S/C22H20O6/c1-2-25-18-10-6-9-17(11-18)22(24)28-14-19-12-20(23)21(15-26-19)27-13-16-7-4-3-5-8-16/h3-12,15H,2,13-14H2,1H3. The van der Waals surface area contributed by atoms with Crippen molar-refractivity contribution in [3.63, 3.8) is 0 Å². The van der Waals surface area contributed by atoms with Crippen LogP contribution in [0.25, 0.3) is 0 Å². The zero-order chi connectivity index (χ0) is 19.8. The molecule has 1 heterocycles. The molecule has 28 heavy (non-hydrogen) atoms. The van der Waals surface area contributed by atoms with Crippen molar-refractivity contribution in [2.45, 2.75) is 20.1 Å². The normalized spacial score (nSPS) is 10.3. The Balaban J connectivity index is 1.57. The van der Waals surface area contributed by atoms with Gasteiger partial charge in [-0.3, -0.25) is 4.79 Å². The van der Waals surface area contributed by atoms with Gasteiger partial charge in [-0.25, -0.2) is 4.79 Å². The van der Waals surface area contributed by atoms with Crippen molar-refractivity contribution >= 4 is 5.97 Å².